The van der Waals surface area contributed by atoms with Crippen LogP contribution in [0.25, 0.3) is 0 Å². The molecule has 0 aromatic heterocycles. The molecule has 7 heteroatoms. The highest BCUT2D eigenvalue weighted by Gasteiger charge is 2.23. The third-order valence-electron chi connectivity index (χ3n) is 5.96. The largest absolute Gasteiger partial charge is 0.369 e. The summed E-state index contributed by atoms with van der Waals surface area (Å²) < 4.78 is 13.8. The third-order valence-corrected chi connectivity index (χ3v) is 5.96. The zero-order valence-electron chi connectivity index (χ0n) is 17.0. The van der Waals surface area contributed by atoms with Gasteiger partial charge in [0.2, 0.25) is 0 Å². The van der Waals surface area contributed by atoms with Gasteiger partial charge in [-0.2, -0.15) is 0 Å². The Balaban J connectivity index is 0.00000196. The normalized spacial score (nSPS) is 19.0. The van der Waals surface area contributed by atoms with Crippen LogP contribution in [0.4, 0.5) is 10.1 Å². The van der Waals surface area contributed by atoms with E-state index in [-0.39, 0.29) is 36.4 Å². The van der Waals surface area contributed by atoms with Gasteiger partial charge in [0, 0.05) is 37.4 Å². The molecule has 28 heavy (non-hydrogen) atoms. The highest BCUT2D eigenvalue weighted by atomic mass is 35.5. The highest BCUT2D eigenvalue weighted by Crippen LogP contribution is 2.24. The summed E-state index contributed by atoms with van der Waals surface area (Å²) in [6.07, 6.45) is 3.69. The fourth-order valence-corrected chi connectivity index (χ4v) is 4.26. The van der Waals surface area contributed by atoms with E-state index in [0.717, 1.165) is 63.0 Å². The van der Waals surface area contributed by atoms with E-state index in [1.807, 2.05) is 19.1 Å². The van der Waals surface area contributed by atoms with Gasteiger partial charge in [-0.1, -0.05) is 6.07 Å². The number of benzene rings is 1. The van der Waals surface area contributed by atoms with E-state index in [1.165, 1.54) is 25.3 Å². The van der Waals surface area contributed by atoms with E-state index in [1.54, 1.807) is 6.92 Å². The van der Waals surface area contributed by atoms with Crippen molar-refractivity contribution in [3.05, 3.63) is 29.6 Å². The van der Waals surface area contributed by atoms with Crippen molar-refractivity contribution >= 4 is 36.3 Å². The Morgan fingerprint density at radius 3 is 2.29 bits per heavy atom. The summed E-state index contributed by atoms with van der Waals surface area (Å²) in [4.78, 5) is 18.4. The van der Waals surface area contributed by atoms with Gasteiger partial charge in [-0.25, -0.2) is 4.39 Å². The minimum Gasteiger partial charge on any atom is -0.369 e. The van der Waals surface area contributed by atoms with Gasteiger partial charge < -0.3 is 4.90 Å². The Kier molecular flexibility index (Phi) is 10.7. The Morgan fingerprint density at radius 2 is 1.68 bits per heavy atom. The number of rotatable bonds is 6. The molecule has 2 aliphatic heterocycles. The fraction of sp³-hybridized carbons (Fsp3) is 0.667. The van der Waals surface area contributed by atoms with Crippen LogP contribution in [0.15, 0.2) is 18.2 Å². The summed E-state index contributed by atoms with van der Waals surface area (Å²) in [7, 11) is 0. The lowest BCUT2D eigenvalue weighted by Gasteiger charge is -2.38. The van der Waals surface area contributed by atoms with Crippen LogP contribution in [0, 0.1) is 18.7 Å². The second kappa shape index (κ2) is 12.0. The number of hydrogen-bond donors (Lipinski definition) is 0. The van der Waals surface area contributed by atoms with Gasteiger partial charge in [-0.3, -0.25) is 14.6 Å². The topological polar surface area (TPSA) is 26.8 Å². The smallest absolute Gasteiger partial charge is 0.143 e. The van der Waals surface area contributed by atoms with Gasteiger partial charge in [0.25, 0.3) is 0 Å². The average Bonchev–Trinajstić information content (AvgIpc) is 2.63. The Morgan fingerprint density at radius 1 is 1.04 bits per heavy atom. The molecule has 2 fully saturated rings. The van der Waals surface area contributed by atoms with Gasteiger partial charge in [-0.05, 0) is 70.8 Å². The molecule has 2 saturated heterocycles. The maximum absolute atomic E-state index is 13.8. The van der Waals surface area contributed by atoms with Crippen LogP contribution >= 0.6 is 24.8 Å². The van der Waals surface area contributed by atoms with Gasteiger partial charge >= 0.3 is 0 Å². The molecule has 160 valence electrons. The first kappa shape index (κ1) is 25.2. The van der Waals surface area contributed by atoms with Crippen molar-refractivity contribution in [3.63, 3.8) is 0 Å². The van der Waals surface area contributed by atoms with E-state index in [9.17, 15) is 9.18 Å². The number of anilines is 1. The van der Waals surface area contributed by atoms with Crippen molar-refractivity contribution < 1.29 is 9.18 Å². The molecule has 0 spiro atoms. The lowest BCUT2D eigenvalue weighted by molar-refractivity contribution is -0.118. The standard InChI is InChI=1S/C21H32FN3O.2ClH/c1-17(26)16-24-10-7-19(8-11-24)6-9-23-12-14-25(15-13-23)21-5-3-4-20(22)18(21)2;;/h3-5,19H,6-16H2,1-2H3;2*1H. The molecule has 2 aliphatic rings. The third kappa shape index (κ3) is 6.87. The SMILES string of the molecule is CC(=O)CN1CCC(CCN2CCN(c3cccc(F)c3C)CC2)CC1.Cl.Cl. The zero-order chi connectivity index (χ0) is 18.5. The summed E-state index contributed by atoms with van der Waals surface area (Å²) in [6, 6.07) is 5.38. The van der Waals surface area contributed by atoms with Crippen LogP contribution < -0.4 is 4.90 Å². The second-order valence-corrected chi connectivity index (χ2v) is 7.92. The molecule has 2 heterocycles. The van der Waals surface area contributed by atoms with Crippen molar-refractivity contribution in [2.45, 2.75) is 33.1 Å². The number of piperidine rings is 1. The molecular formula is C21H34Cl2FN3O. The van der Waals surface area contributed by atoms with Crippen molar-refractivity contribution in [1.29, 1.82) is 0 Å². The average molecular weight is 434 g/mol. The van der Waals surface area contributed by atoms with Crippen LogP contribution in [-0.4, -0.2) is 67.9 Å². The lowest BCUT2D eigenvalue weighted by atomic mass is 9.93. The molecule has 0 N–H and O–H groups in total. The Hall–Kier alpha value is -0.880. The number of nitrogens with zero attached hydrogens (tertiary/aromatic N) is 3. The number of hydrogen-bond acceptors (Lipinski definition) is 4. The first-order chi connectivity index (χ1) is 12.5. The van der Waals surface area contributed by atoms with Crippen LogP contribution in [0.1, 0.15) is 31.7 Å². The molecule has 1 aromatic carbocycles. The van der Waals surface area contributed by atoms with E-state index < -0.39 is 0 Å². The van der Waals surface area contributed by atoms with E-state index in [2.05, 4.69) is 14.7 Å². The number of likely N-dealkylation sites (tertiary alicyclic amines) is 1. The minimum absolute atomic E-state index is 0. The molecule has 0 amide bonds. The molecule has 0 unspecified atom stereocenters. The van der Waals surface area contributed by atoms with Crippen molar-refractivity contribution in [1.82, 2.24) is 9.80 Å². The Labute approximate surface area is 181 Å². The molecule has 0 aliphatic carbocycles. The molecule has 1 aromatic rings. The van der Waals surface area contributed by atoms with Crippen LogP contribution in [0.2, 0.25) is 0 Å². The van der Waals surface area contributed by atoms with Gasteiger partial charge in [-0.15, -0.1) is 24.8 Å². The number of piperazine rings is 1. The predicted octanol–water partition coefficient (Wildman–Crippen LogP) is 3.79. The number of carbonyl (C=O) groups excluding carboxylic acids is 1. The number of Topliss-reactive ketones (excluding diaryl/α,β-unsaturated/α-hetero) is 1. The van der Waals surface area contributed by atoms with E-state index in [4.69, 9.17) is 0 Å². The fourth-order valence-electron chi connectivity index (χ4n) is 4.26. The van der Waals surface area contributed by atoms with Gasteiger partial charge in [0.15, 0.2) is 0 Å². The molecule has 0 bridgehead atoms. The zero-order valence-corrected chi connectivity index (χ0v) is 18.7. The van der Waals surface area contributed by atoms with Gasteiger partial charge in [0.1, 0.15) is 11.6 Å². The Bertz CT molecular complexity index is 616. The first-order valence-electron chi connectivity index (χ1n) is 9.97. The van der Waals surface area contributed by atoms with E-state index in [0.29, 0.717) is 6.54 Å². The van der Waals surface area contributed by atoms with Crippen LogP contribution in [-0.2, 0) is 4.79 Å². The maximum atomic E-state index is 13.8. The number of carbonyl (C=O) groups is 1. The summed E-state index contributed by atoms with van der Waals surface area (Å²) in [6.45, 7) is 11.5. The summed E-state index contributed by atoms with van der Waals surface area (Å²) in [5.74, 6) is 0.956. The second-order valence-electron chi connectivity index (χ2n) is 7.92. The molecule has 4 nitrogen and oxygen atoms in total. The summed E-state index contributed by atoms with van der Waals surface area (Å²) in [5.41, 5.74) is 1.81. The van der Waals surface area contributed by atoms with E-state index >= 15 is 0 Å². The molecule has 3 rings (SSSR count). The number of ketones is 1. The monoisotopic (exact) mass is 433 g/mol. The van der Waals surface area contributed by atoms with Crippen molar-refractivity contribution in [2.75, 3.05) is 57.3 Å². The summed E-state index contributed by atoms with van der Waals surface area (Å²) in [5, 5.41) is 0. The first-order valence-corrected chi connectivity index (χ1v) is 9.97. The van der Waals surface area contributed by atoms with Crippen molar-refractivity contribution in [2.24, 2.45) is 5.92 Å². The van der Waals surface area contributed by atoms with Crippen molar-refractivity contribution in [3.8, 4) is 0 Å². The maximum Gasteiger partial charge on any atom is 0.143 e. The van der Waals surface area contributed by atoms with Gasteiger partial charge in [0.05, 0.1) is 6.54 Å². The van der Waals surface area contributed by atoms with Crippen LogP contribution in [0.3, 0.4) is 0 Å². The minimum atomic E-state index is -0.110. The molecular weight excluding hydrogens is 400 g/mol. The van der Waals surface area contributed by atoms with Crippen LogP contribution in [0.5, 0.6) is 0 Å². The lowest BCUT2D eigenvalue weighted by Crippen LogP contribution is -2.47. The number of halogens is 3. The molecule has 0 saturated carbocycles. The molecule has 0 atom stereocenters. The molecule has 0 radical (unpaired) electrons. The summed E-state index contributed by atoms with van der Waals surface area (Å²) >= 11 is 0. The quantitative estimate of drug-likeness (QED) is 0.681. The highest BCUT2D eigenvalue weighted by molar-refractivity contribution is 5.85. The predicted molar refractivity (Wildman–Crippen MR) is 119 cm³/mol.